The van der Waals surface area contributed by atoms with Gasteiger partial charge in [-0.3, -0.25) is 0 Å². The summed E-state index contributed by atoms with van der Waals surface area (Å²) in [5.41, 5.74) is 6.01. The number of methoxy groups -OCH3 is 1. The van der Waals surface area contributed by atoms with Crippen LogP contribution in [0.5, 0.6) is 0 Å². The zero-order chi connectivity index (χ0) is 10.0. The molecular weight excluding hydrogens is 213 g/mol. The molecule has 1 aromatic carbocycles. The molecule has 0 saturated heterocycles. The van der Waals surface area contributed by atoms with Crippen LogP contribution in [0.3, 0.4) is 0 Å². The molecule has 0 amide bonds. The van der Waals surface area contributed by atoms with Gasteiger partial charge in [0.25, 0.3) is 0 Å². The second-order valence-electron chi connectivity index (χ2n) is 2.32. The average molecular weight is 220 g/mol. The van der Waals surface area contributed by atoms with E-state index in [1.54, 1.807) is 0 Å². The van der Waals surface area contributed by atoms with Gasteiger partial charge in [-0.25, -0.2) is 4.79 Å². The van der Waals surface area contributed by atoms with Gasteiger partial charge in [0.05, 0.1) is 28.4 Å². The molecule has 0 atom stereocenters. The van der Waals surface area contributed by atoms with Crippen molar-refractivity contribution in [1.29, 1.82) is 0 Å². The number of ether oxygens (including phenoxy) is 1. The number of anilines is 1. The van der Waals surface area contributed by atoms with Crippen LogP contribution in [0.15, 0.2) is 12.1 Å². The number of hydrogen-bond acceptors (Lipinski definition) is 3. The summed E-state index contributed by atoms with van der Waals surface area (Å²) in [7, 11) is 1.27. The number of carbonyl (C=O) groups excluding carboxylic acids is 1. The van der Waals surface area contributed by atoms with E-state index >= 15 is 0 Å². The number of rotatable bonds is 1. The number of carbonyl (C=O) groups is 1. The Kier molecular flexibility index (Phi) is 3.01. The van der Waals surface area contributed by atoms with Crippen LogP contribution in [0.1, 0.15) is 10.4 Å². The van der Waals surface area contributed by atoms with Gasteiger partial charge in [-0.05, 0) is 12.1 Å². The summed E-state index contributed by atoms with van der Waals surface area (Å²) in [6.45, 7) is 0. The van der Waals surface area contributed by atoms with Gasteiger partial charge < -0.3 is 10.5 Å². The van der Waals surface area contributed by atoms with Gasteiger partial charge in [0.1, 0.15) is 0 Å². The van der Waals surface area contributed by atoms with E-state index in [2.05, 4.69) is 4.74 Å². The second-order valence-corrected chi connectivity index (χ2v) is 3.08. The van der Waals surface area contributed by atoms with Crippen LogP contribution in [0.4, 0.5) is 5.69 Å². The highest BCUT2D eigenvalue weighted by Gasteiger charge is 2.14. The summed E-state index contributed by atoms with van der Waals surface area (Å²) in [4.78, 5) is 11.1. The molecule has 0 heterocycles. The lowest BCUT2D eigenvalue weighted by atomic mass is 10.2. The standard InChI is InChI=1S/C8H7Cl2NO2/c1-13-8(12)4-2-3-5(11)7(10)6(4)9/h2-3H,11H2,1H3. The van der Waals surface area contributed by atoms with Crippen LogP contribution in [0.25, 0.3) is 0 Å². The zero-order valence-corrected chi connectivity index (χ0v) is 8.32. The van der Waals surface area contributed by atoms with Crippen molar-refractivity contribution in [2.24, 2.45) is 0 Å². The van der Waals surface area contributed by atoms with E-state index in [-0.39, 0.29) is 15.6 Å². The Morgan fingerprint density at radius 1 is 1.38 bits per heavy atom. The van der Waals surface area contributed by atoms with Crippen molar-refractivity contribution in [1.82, 2.24) is 0 Å². The van der Waals surface area contributed by atoms with E-state index < -0.39 is 5.97 Å². The number of nitrogens with two attached hydrogens (primary N) is 1. The number of nitrogen functional groups attached to an aromatic ring is 1. The Hall–Kier alpha value is -0.930. The SMILES string of the molecule is COC(=O)c1ccc(N)c(Cl)c1Cl. The lowest BCUT2D eigenvalue weighted by Gasteiger charge is -2.05. The Labute approximate surface area is 85.4 Å². The van der Waals surface area contributed by atoms with E-state index in [0.29, 0.717) is 5.69 Å². The van der Waals surface area contributed by atoms with Crippen molar-refractivity contribution in [3.05, 3.63) is 27.7 Å². The summed E-state index contributed by atoms with van der Waals surface area (Å²) < 4.78 is 4.49. The summed E-state index contributed by atoms with van der Waals surface area (Å²) in [5.74, 6) is -0.535. The fraction of sp³-hybridized carbons (Fsp3) is 0.125. The maximum absolute atomic E-state index is 11.1. The van der Waals surface area contributed by atoms with Gasteiger partial charge in [0, 0.05) is 0 Å². The molecule has 0 unspecified atom stereocenters. The van der Waals surface area contributed by atoms with Crippen molar-refractivity contribution < 1.29 is 9.53 Å². The van der Waals surface area contributed by atoms with Crippen LogP contribution in [0, 0.1) is 0 Å². The Bertz CT molecular complexity index is 352. The van der Waals surface area contributed by atoms with Crippen LogP contribution in [0.2, 0.25) is 10.0 Å². The fourth-order valence-corrected chi connectivity index (χ4v) is 1.25. The van der Waals surface area contributed by atoms with Crippen LogP contribution in [-0.4, -0.2) is 13.1 Å². The maximum atomic E-state index is 11.1. The second kappa shape index (κ2) is 3.85. The van der Waals surface area contributed by atoms with Crippen molar-refractivity contribution in [3.8, 4) is 0 Å². The third-order valence-corrected chi connectivity index (χ3v) is 2.41. The minimum absolute atomic E-state index is 0.119. The molecule has 0 spiro atoms. The summed E-state index contributed by atoms with van der Waals surface area (Å²) >= 11 is 11.5. The first kappa shape index (κ1) is 10.2. The summed E-state index contributed by atoms with van der Waals surface area (Å²) in [5, 5.41) is 0.290. The van der Waals surface area contributed by atoms with E-state index in [9.17, 15) is 4.79 Å². The van der Waals surface area contributed by atoms with Crippen LogP contribution < -0.4 is 5.73 Å². The minimum atomic E-state index is -0.535. The zero-order valence-electron chi connectivity index (χ0n) is 6.80. The molecule has 0 saturated carbocycles. The third-order valence-electron chi connectivity index (χ3n) is 1.52. The minimum Gasteiger partial charge on any atom is -0.465 e. The Balaban J connectivity index is 3.26. The fourth-order valence-electron chi connectivity index (χ4n) is 0.832. The summed E-state index contributed by atoms with van der Waals surface area (Å²) in [6.07, 6.45) is 0. The van der Waals surface area contributed by atoms with Crippen molar-refractivity contribution in [3.63, 3.8) is 0 Å². The molecule has 3 nitrogen and oxygen atoms in total. The molecule has 5 heteroatoms. The molecule has 0 aromatic heterocycles. The molecule has 13 heavy (non-hydrogen) atoms. The van der Waals surface area contributed by atoms with E-state index in [0.717, 1.165) is 0 Å². The van der Waals surface area contributed by atoms with E-state index in [1.165, 1.54) is 19.2 Å². The molecule has 0 fully saturated rings. The predicted molar refractivity (Wildman–Crippen MR) is 52.2 cm³/mol. The van der Waals surface area contributed by atoms with Crippen LogP contribution >= 0.6 is 23.2 Å². The molecule has 1 aromatic rings. The third kappa shape index (κ3) is 1.87. The predicted octanol–water partition coefficient (Wildman–Crippen LogP) is 2.36. The van der Waals surface area contributed by atoms with Crippen molar-refractivity contribution in [2.45, 2.75) is 0 Å². The number of benzene rings is 1. The van der Waals surface area contributed by atoms with Gasteiger partial charge in [-0.1, -0.05) is 23.2 Å². The summed E-state index contributed by atoms with van der Waals surface area (Å²) in [6, 6.07) is 2.97. The van der Waals surface area contributed by atoms with Gasteiger partial charge in [-0.2, -0.15) is 0 Å². The Morgan fingerprint density at radius 2 is 2.00 bits per heavy atom. The molecule has 0 aliphatic carbocycles. The number of halogens is 2. The first-order valence-electron chi connectivity index (χ1n) is 3.39. The first-order valence-corrected chi connectivity index (χ1v) is 4.15. The average Bonchev–Trinajstić information content (AvgIpc) is 2.13. The topological polar surface area (TPSA) is 52.3 Å². The lowest BCUT2D eigenvalue weighted by molar-refractivity contribution is 0.0601. The highest BCUT2D eigenvalue weighted by molar-refractivity contribution is 6.45. The molecule has 70 valence electrons. The van der Waals surface area contributed by atoms with Gasteiger partial charge in [0.15, 0.2) is 0 Å². The molecule has 0 aliphatic rings. The quantitative estimate of drug-likeness (QED) is 0.583. The highest BCUT2D eigenvalue weighted by Crippen LogP contribution is 2.31. The smallest absolute Gasteiger partial charge is 0.339 e. The Morgan fingerprint density at radius 3 is 2.54 bits per heavy atom. The largest absolute Gasteiger partial charge is 0.465 e. The molecule has 1 rings (SSSR count). The number of hydrogen-bond donors (Lipinski definition) is 1. The maximum Gasteiger partial charge on any atom is 0.339 e. The monoisotopic (exact) mass is 219 g/mol. The normalized spacial score (nSPS) is 9.77. The van der Waals surface area contributed by atoms with Gasteiger partial charge in [0.2, 0.25) is 0 Å². The molecular formula is C8H7Cl2NO2. The molecule has 0 aliphatic heterocycles. The van der Waals surface area contributed by atoms with Crippen molar-refractivity contribution in [2.75, 3.05) is 12.8 Å². The van der Waals surface area contributed by atoms with Gasteiger partial charge in [-0.15, -0.1) is 0 Å². The highest BCUT2D eigenvalue weighted by atomic mass is 35.5. The molecule has 0 radical (unpaired) electrons. The van der Waals surface area contributed by atoms with Crippen molar-refractivity contribution >= 4 is 34.9 Å². The molecule has 2 N–H and O–H groups in total. The van der Waals surface area contributed by atoms with E-state index in [1.807, 2.05) is 0 Å². The van der Waals surface area contributed by atoms with Crippen LogP contribution in [-0.2, 0) is 4.74 Å². The van der Waals surface area contributed by atoms with E-state index in [4.69, 9.17) is 28.9 Å². The van der Waals surface area contributed by atoms with Gasteiger partial charge >= 0.3 is 5.97 Å². The first-order chi connectivity index (χ1) is 6.07. The lowest BCUT2D eigenvalue weighted by Crippen LogP contribution is -2.03. The number of esters is 1. The molecule has 0 bridgehead atoms.